The van der Waals surface area contributed by atoms with E-state index in [0.29, 0.717) is 16.7 Å². The fraction of sp³-hybridized carbons (Fsp3) is 0.950. The number of Topliss-reactive ketones (excluding diaryl/α,β-unsaturated/α-hetero) is 1. The highest BCUT2D eigenvalue weighted by Crippen LogP contribution is 2.63. The number of hydrogen-bond acceptors (Lipinski definition) is 2. The minimum atomic E-state index is 0.322. The molecule has 2 nitrogen and oxygen atoms in total. The summed E-state index contributed by atoms with van der Waals surface area (Å²) in [6.07, 6.45) is 10.5. The lowest BCUT2D eigenvalue weighted by Crippen LogP contribution is -2.64. The molecule has 2 aliphatic heterocycles. The Bertz CT molecular complexity index is 474. The van der Waals surface area contributed by atoms with Crippen molar-refractivity contribution in [1.29, 1.82) is 0 Å². The van der Waals surface area contributed by atoms with Gasteiger partial charge < -0.3 is 0 Å². The molecule has 124 valence electrons. The van der Waals surface area contributed by atoms with Crippen LogP contribution in [-0.2, 0) is 4.79 Å². The van der Waals surface area contributed by atoms with E-state index < -0.39 is 0 Å². The highest BCUT2D eigenvalue weighted by molar-refractivity contribution is 5.81. The molecule has 0 radical (unpaired) electrons. The van der Waals surface area contributed by atoms with E-state index in [-0.39, 0.29) is 0 Å². The zero-order chi connectivity index (χ0) is 15.5. The van der Waals surface area contributed by atoms with Gasteiger partial charge in [0.05, 0.1) is 6.54 Å². The van der Waals surface area contributed by atoms with Crippen LogP contribution in [0.1, 0.15) is 72.1 Å². The molecule has 2 heteroatoms. The number of fused-ring (bicyclic) bond motifs is 5. The van der Waals surface area contributed by atoms with E-state index in [1.54, 1.807) is 0 Å². The maximum atomic E-state index is 11.9. The third kappa shape index (κ3) is 1.92. The largest absolute Gasteiger partial charge is 0.298 e. The zero-order valence-electron chi connectivity index (χ0n) is 14.7. The average molecular weight is 303 g/mol. The minimum Gasteiger partial charge on any atom is -0.298 e. The standard InChI is InChI=1S/C20H33NO/c1-4-14-5-6-17-16-9-12-21-13-15(22)7-11-20(21,3)18(16)8-10-19(14,17)2/h14,16-18H,4-13H2,1-3H3/t14-,16-,17-,18-,19+,20+/m0/s1. The summed E-state index contributed by atoms with van der Waals surface area (Å²) in [7, 11) is 0. The van der Waals surface area contributed by atoms with E-state index in [1.165, 1.54) is 45.1 Å². The smallest absolute Gasteiger partial charge is 0.146 e. The molecule has 22 heavy (non-hydrogen) atoms. The van der Waals surface area contributed by atoms with Crippen LogP contribution >= 0.6 is 0 Å². The van der Waals surface area contributed by atoms with Gasteiger partial charge in [0.15, 0.2) is 0 Å². The van der Waals surface area contributed by atoms with Gasteiger partial charge in [-0.25, -0.2) is 0 Å². The third-order valence-electron chi connectivity index (χ3n) is 8.66. The van der Waals surface area contributed by atoms with Crippen LogP contribution in [0.15, 0.2) is 0 Å². The van der Waals surface area contributed by atoms with E-state index in [1.807, 2.05) is 0 Å². The lowest BCUT2D eigenvalue weighted by atomic mass is 9.51. The van der Waals surface area contributed by atoms with E-state index in [2.05, 4.69) is 25.7 Å². The van der Waals surface area contributed by atoms with Crippen LogP contribution in [0.4, 0.5) is 0 Å². The topological polar surface area (TPSA) is 20.3 Å². The van der Waals surface area contributed by atoms with Crippen LogP contribution in [-0.4, -0.2) is 29.3 Å². The number of ketones is 1. The maximum absolute atomic E-state index is 11.9. The Hall–Kier alpha value is -0.370. The van der Waals surface area contributed by atoms with Crippen LogP contribution < -0.4 is 0 Å². The quantitative estimate of drug-likeness (QED) is 0.720. The van der Waals surface area contributed by atoms with Gasteiger partial charge in [-0.15, -0.1) is 0 Å². The fourth-order valence-electron chi connectivity index (χ4n) is 7.32. The molecular formula is C20H33NO. The summed E-state index contributed by atoms with van der Waals surface area (Å²) >= 11 is 0. The van der Waals surface area contributed by atoms with Gasteiger partial charge in [0, 0.05) is 12.0 Å². The van der Waals surface area contributed by atoms with Crippen molar-refractivity contribution in [2.45, 2.75) is 77.7 Å². The van der Waals surface area contributed by atoms with Crippen molar-refractivity contribution in [3.05, 3.63) is 0 Å². The van der Waals surface area contributed by atoms with Crippen LogP contribution in [0.5, 0.6) is 0 Å². The van der Waals surface area contributed by atoms with Gasteiger partial charge in [0.1, 0.15) is 5.78 Å². The van der Waals surface area contributed by atoms with Crippen molar-refractivity contribution in [1.82, 2.24) is 4.90 Å². The Kier molecular flexibility index (Phi) is 3.49. The first-order valence-electron chi connectivity index (χ1n) is 9.76. The molecule has 4 rings (SSSR count). The van der Waals surface area contributed by atoms with E-state index in [0.717, 1.165) is 43.1 Å². The maximum Gasteiger partial charge on any atom is 0.146 e. The van der Waals surface area contributed by atoms with Crippen LogP contribution in [0, 0.1) is 29.1 Å². The lowest BCUT2D eigenvalue weighted by Gasteiger charge is -2.61. The molecule has 0 aromatic carbocycles. The second-order valence-electron chi connectivity index (χ2n) is 9.21. The first-order valence-corrected chi connectivity index (χ1v) is 9.76. The molecule has 0 aromatic heterocycles. The monoisotopic (exact) mass is 303 g/mol. The predicted molar refractivity (Wildman–Crippen MR) is 89.7 cm³/mol. The molecule has 0 aromatic rings. The molecule has 2 heterocycles. The summed E-state index contributed by atoms with van der Waals surface area (Å²) < 4.78 is 0. The number of carbonyl (C=O) groups is 1. The number of carbonyl (C=O) groups excluding carboxylic acids is 1. The first-order chi connectivity index (χ1) is 10.5. The van der Waals surface area contributed by atoms with E-state index in [9.17, 15) is 4.79 Å². The summed E-state index contributed by atoms with van der Waals surface area (Å²) in [5.74, 6) is 4.20. The Morgan fingerprint density at radius 1 is 1.09 bits per heavy atom. The van der Waals surface area contributed by atoms with Crippen LogP contribution in [0.25, 0.3) is 0 Å². The molecule has 4 aliphatic rings. The molecular weight excluding hydrogens is 270 g/mol. The zero-order valence-corrected chi connectivity index (χ0v) is 14.7. The van der Waals surface area contributed by atoms with Crippen molar-refractivity contribution < 1.29 is 4.79 Å². The van der Waals surface area contributed by atoms with Gasteiger partial charge in [-0.3, -0.25) is 9.69 Å². The van der Waals surface area contributed by atoms with Crippen molar-refractivity contribution in [3.8, 4) is 0 Å². The van der Waals surface area contributed by atoms with E-state index >= 15 is 0 Å². The molecule has 0 N–H and O–H groups in total. The Morgan fingerprint density at radius 3 is 2.68 bits per heavy atom. The van der Waals surface area contributed by atoms with Crippen molar-refractivity contribution in [3.63, 3.8) is 0 Å². The van der Waals surface area contributed by atoms with Crippen molar-refractivity contribution in [2.24, 2.45) is 29.1 Å². The molecule has 0 unspecified atom stereocenters. The number of nitrogens with zero attached hydrogens (tertiary/aromatic N) is 1. The van der Waals surface area contributed by atoms with Gasteiger partial charge in [-0.2, -0.15) is 0 Å². The molecule has 6 atom stereocenters. The molecule has 0 spiro atoms. The van der Waals surface area contributed by atoms with Gasteiger partial charge in [0.2, 0.25) is 0 Å². The summed E-state index contributed by atoms with van der Waals surface area (Å²) in [6.45, 7) is 9.42. The Labute approximate surface area is 136 Å². The highest BCUT2D eigenvalue weighted by Gasteiger charge is 2.59. The predicted octanol–water partition coefficient (Wildman–Crippen LogP) is 4.28. The molecule has 4 fully saturated rings. The summed E-state index contributed by atoms with van der Waals surface area (Å²) in [5.41, 5.74) is 0.946. The number of piperidine rings is 2. The summed E-state index contributed by atoms with van der Waals surface area (Å²) in [6, 6.07) is 0. The highest BCUT2D eigenvalue weighted by atomic mass is 16.1. The number of hydrogen-bond donors (Lipinski definition) is 0. The Morgan fingerprint density at radius 2 is 1.91 bits per heavy atom. The molecule has 2 aliphatic carbocycles. The van der Waals surface area contributed by atoms with Crippen molar-refractivity contribution in [2.75, 3.05) is 13.1 Å². The van der Waals surface area contributed by atoms with E-state index in [4.69, 9.17) is 0 Å². The SMILES string of the molecule is CC[C@H]1CC[C@H]2[C@@H]3CCN4CC(=O)CC[C@]4(C)[C@H]3CC[C@]12C. The first kappa shape index (κ1) is 15.2. The summed E-state index contributed by atoms with van der Waals surface area (Å²) in [5, 5.41) is 0. The Balaban J connectivity index is 1.62. The van der Waals surface area contributed by atoms with Crippen LogP contribution in [0.3, 0.4) is 0 Å². The lowest BCUT2D eigenvalue weighted by molar-refractivity contribution is -0.143. The molecule has 0 amide bonds. The van der Waals surface area contributed by atoms with Crippen molar-refractivity contribution >= 4 is 5.78 Å². The number of rotatable bonds is 1. The average Bonchev–Trinajstić information content (AvgIpc) is 2.84. The molecule has 0 bridgehead atoms. The fourth-order valence-corrected chi connectivity index (χ4v) is 7.32. The second kappa shape index (κ2) is 5.06. The second-order valence-corrected chi connectivity index (χ2v) is 9.21. The van der Waals surface area contributed by atoms with Gasteiger partial charge in [-0.1, -0.05) is 20.3 Å². The minimum absolute atomic E-state index is 0.322. The van der Waals surface area contributed by atoms with Gasteiger partial charge in [-0.05, 0) is 81.1 Å². The van der Waals surface area contributed by atoms with Gasteiger partial charge in [0.25, 0.3) is 0 Å². The van der Waals surface area contributed by atoms with Crippen LogP contribution in [0.2, 0.25) is 0 Å². The normalized spacial score (nSPS) is 52.0. The summed E-state index contributed by atoms with van der Waals surface area (Å²) in [4.78, 5) is 14.5. The molecule has 2 saturated heterocycles. The molecule has 2 saturated carbocycles. The van der Waals surface area contributed by atoms with Gasteiger partial charge >= 0.3 is 0 Å². The third-order valence-corrected chi connectivity index (χ3v) is 8.66.